The summed E-state index contributed by atoms with van der Waals surface area (Å²) in [6, 6.07) is 15.5. The lowest BCUT2D eigenvalue weighted by Gasteiger charge is -2.18. The molecule has 2 rings (SSSR count). The number of carbonyl (C=O) groups is 2. The fourth-order valence-electron chi connectivity index (χ4n) is 1.83. The molecule has 0 radical (unpaired) electrons. The molecule has 0 unspecified atom stereocenters. The highest BCUT2D eigenvalue weighted by molar-refractivity contribution is 5.89. The van der Waals surface area contributed by atoms with E-state index in [1.54, 1.807) is 20.8 Å². The minimum atomic E-state index is -0.790. The van der Waals surface area contributed by atoms with E-state index in [1.807, 2.05) is 30.3 Å². The SMILES string of the molecule is CC(C)(C)OC(=O)Oc1ccc(C(=O)OCc2ccccc2)cc1. The number of hydrogen-bond donors (Lipinski definition) is 0. The van der Waals surface area contributed by atoms with Crippen LogP contribution in [-0.4, -0.2) is 17.7 Å². The Balaban J connectivity index is 1.89. The number of esters is 1. The predicted octanol–water partition coefficient (Wildman–Crippen LogP) is 4.36. The van der Waals surface area contributed by atoms with E-state index < -0.39 is 17.7 Å². The minimum absolute atomic E-state index is 0.204. The van der Waals surface area contributed by atoms with Crippen molar-refractivity contribution in [3.05, 3.63) is 65.7 Å². The Bertz CT molecular complexity index is 684. The van der Waals surface area contributed by atoms with Crippen molar-refractivity contribution in [2.45, 2.75) is 33.0 Å². The number of rotatable bonds is 4. The van der Waals surface area contributed by atoms with E-state index in [0.717, 1.165) is 5.56 Å². The van der Waals surface area contributed by atoms with Gasteiger partial charge in [-0.15, -0.1) is 0 Å². The molecule has 0 N–H and O–H groups in total. The average molecular weight is 328 g/mol. The molecule has 0 aromatic heterocycles. The second-order valence-electron chi connectivity index (χ2n) is 6.15. The zero-order valence-corrected chi connectivity index (χ0v) is 13.9. The highest BCUT2D eigenvalue weighted by Crippen LogP contribution is 2.16. The number of benzene rings is 2. The lowest BCUT2D eigenvalue weighted by Crippen LogP contribution is -2.25. The molecule has 0 aliphatic rings. The Morgan fingerprint density at radius 3 is 2.12 bits per heavy atom. The van der Waals surface area contributed by atoms with Gasteiger partial charge in [0.1, 0.15) is 18.0 Å². The van der Waals surface area contributed by atoms with E-state index in [4.69, 9.17) is 14.2 Å². The second-order valence-corrected chi connectivity index (χ2v) is 6.15. The van der Waals surface area contributed by atoms with Gasteiger partial charge in [0, 0.05) is 0 Å². The van der Waals surface area contributed by atoms with Crippen molar-refractivity contribution < 1.29 is 23.8 Å². The van der Waals surface area contributed by atoms with Crippen LogP contribution in [0.15, 0.2) is 54.6 Å². The van der Waals surface area contributed by atoms with Crippen LogP contribution in [0.5, 0.6) is 5.75 Å². The number of carbonyl (C=O) groups excluding carboxylic acids is 2. The number of ether oxygens (including phenoxy) is 3. The van der Waals surface area contributed by atoms with E-state index in [1.165, 1.54) is 24.3 Å². The van der Waals surface area contributed by atoms with Crippen LogP contribution in [0, 0.1) is 0 Å². The van der Waals surface area contributed by atoms with Crippen molar-refractivity contribution in [3.8, 4) is 5.75 Å². The van der Waals surface area contributed by atoms with Crippen molar-refractivity contribution in [3.63, 3.8) is 0 Å². The zero-order chi connectivity index (χ0) is 17.6. The summed E-state index contributed by atoms with van der Waals surface area (Å²) in [7, 11) is 0. The summed E-state index contributed by atoms with van der Waals surface area (Å²) in [5.41, 5.74) is 0.663. The van der Waals surface area contributed by atoms with Crippen molar-refractivity contribution >= 4 is 12.1 Å². The molecule has 2 aromatic rings. The molecule has 0 heterocycles. The van der Waals surface area contributed by atoms with Gasteiger partial charge in [-0.1, -0.05) is 30.3 Å². The minimum Gasteiger partial charge on any atom is -0.457 e. The van der Waals surface area contributed by atoms with Crippen molar-refractivity contribution in [1.82, 2.24) is 0 Å². The standard InChI is InChI=1S/C19H20O5/c1-19(2,3)24-18(21)23-16-11-9-15(10-12-16)17(20)22-13-14-7-5-4-6-8-14/h4-12H,13H2,1-3H3. The molecule has 0 fully saturated rings. The molecule has 2 aromatic carbocycles. The summed E-state index contributed by atoms with van der Waals surface area (Å²) in [4.78, 5) is 23.6. The third-order valence-corrected chi connectivity index (χ3v) is 2.89. The molecule has 0 aliphatic heterocycles. The first-order valence-corrected chi connectivity index (χ1v) is 7.55. The van der Waals surface area contributed by atoms with E-state index in [-0.39, 0.29) is 6.61 Å². The maximum atomic E-state index is 12.0. The summed E-state index contributed by atoms with van der Waals surface area (Å²) < 4.78 is 15.3. The quantitative estimate of drug-likeness (QED) is 0.616. The van der Waals surface area contributed by atoms with Crippen molar-refractivity contribution in [2.75, 3.05) is 0 Å². The van der Waals surface area contributed by atoms with Gasteiger partial charge in [-0.3, -0.25) is 0 Å². The highest BCUT2D eigenvalue weighted by Gasteiger charge is 2.18. The van der Waals surface area contributed by atoms with Crippen LogP contribution >= 0.6 is 0 Å². The number of hydrogen-bond acceptors (Lipinski definition) is 5. The largest absolute Gasteiger partial charge is 0.514 e. The normalized spacial score (nSPS) is 10.8. The fraction of sp³-hybridized carbons (Fsp3) is 0.263. The Morgan fingerprint density at radius 2 is 1.54 bits per heavy atom. The smallest absolute Gasteiger partial charge is 0.457 e. The highest BCUT2D eigenvalue weighted by atomic mass is 16.7. The van der Waals surface area contributed by atoms with E-state index in [2.05, 4.69) is 0 Å². The second kappa shape index (κ2) is 7.64. The lowest BCUT2D eigenvalue weighted by molar-refractivity contribution is 0.0206. The molecule has 126 valence electrons. The Kier molecular flexibility index (Phi) is 5.58. The molecule has 0 spiro atoms. The van der Waals surface area contributed by atoms with Crippen LogP contribution in [0.1, 0.15) is 36.7 Å². The zero-order valence-electron chi connectivity index (χ0n) is 13.9. The van der Waals surface area contributed by atoms with Crippen LogP contribution in [0.2, 0.25) is 0 Å². The third kappa shape index (κ3) is 5.76. The van der Waals surface area contributed by atoms with Gasteiger partial charge in [-0.05, 0) is 50.6 Å². The molecular weight excluding hydrogens is 308 g/mol. The van der Waals surface area contributed by atoms with Gasteiger partial charge in [0.05, 0.1) is 5.56 Å². The van der Waals surface area contributed by atoms with E-state index in [9.17, 15) is 9.59 Å². The van der Waals surface area contributed by atoms with Crippen molar-refractivity contribution in [2.24, 2.45) is 0 Å². The molecule has 24 heavy (non-hydrogen) atoms. The molecule has 0 saturated carbocycles. The van der Waals surface area contributed by atoms with Gasteiger partial charge >= 0.3 is 12.1 Å². The summed E-state index contributed by atoms with van der Waals surface area (Å²) in [6.07, 6.45) is -0.790. The maximum absolute atomic E-state index is 12.0. The van der Waals surface area contributed by atoms with Gasteiger partial charge in [-0.2, -0.15) is 0 Å². The Labute approximate surface area is 141 Å². The van der Waals surface area contributed by atoms with Gasteiger partial charge < -0.3 is 14.2 Å². The van der Waals surface area contributed by atoms with Crippen molar-refractivity contribution in [1.29, 1.82) is 0 Å². The van der Waals surface area contributed by atoms with Crippen LogP contribution < -0.4 is 4.74 Å². The monoisotopic (exact) mass is 328 g/mol. The van der Waals surface area contributed by atoms with E-state index in [0.29, 0.717) is 11.3 Å². The Morgan fingerprint density at radius 1 is 0.917 bits per heavy atom. The molecule has 5 nitrogen and oxygen atoms in total. The lowest BCUT2D eigenvalue weighted by atomic mass is 10.2. The molecular formula is C19H20O5. The summed E-state index contributed by atoms with van der Waals surface area (Å²) >= 11 is 0. The van der Waals surface area contributed by atoms with Gasteiger partial charge in [0.2, 0.25) is 0 Å². The van der Waals surface area contributed by atoms with Crippen LogP contribution in [0.25, 0.3) is 0 Å². The first kappa shape index (κ1) is 17.5. The van der Waals surface area contributed by atoms with Crippen LogP contribution in [-0.2, 0) is 16.1 Å². The van der Waals surface area contributed by atoms with Crippen LogP contribution in [0.3, 0.4) is 0 Å². The topological polar surface area (TPSA) is 61.8 Å². The Hall–Kier alpha value is -2.82. The molecule has 0 bridgehead atoms. The third-order valence-electron chi connectivity index (χ3n) is 2.89. The van der Waals surface area contributed by atoms with Gasteiger partial charge in [0.15, 0.2) is 0 Å². The van der Waals surface area contributed by atoms with E-state index >= 15 is 0 Å². The predicted molar refractivity (Wildman–Crippen MR) is 88.9 cm³/mol. The average Bonchev–Trinajstić information content (AvgIpc) is 2.52. The van der Waals surface area contributed by atoms with Gasteiger partial charge in [0.25, 0.3) is 0 Å². The first-order valence-electron chi connectivity index (χ1n) is 7.55. The summed E-state index contributed by atoms with van der Waals surface area (Å²) in [5.74, 6) is -0.147. The molecule has 5 heteroatoms. The van der Waals surface area contributed by atoms with Gasteiger partial charge in [-0.25, -0.2) is 9.59 Å². The molecule has 0 saturated heterocycles. The molecule has 0 amide bonds. The first-order chi connectivity index (χ1) is 11.3. The van der Waals surface area contributed by atoms with Crippen LogP contribution in [0.4, 0.5) is 4.79 Å². The maximum Gasteiger partial charge on any atom is 0.514 e. The molecule has 0 aliphatic carbocycles. The molecule has 0 atom stereocenters. The summed E-state index contributed by atoms with van der Waals surface area (Å²) in [6.45, 7) is 5.45. The fourth-order valence-corrected chi connectivity index (χ4v) is 1.83. The summed E-state index contributed by atoms with van der Waals surface area (Å²) in [5, 5.41) is 0.